The minimum absolute atomic E-state index is 0.0580. The van der Waals surface area contributed by atoms with Crippen LogP contribution in [-0.2, 0) is 9.59 Å². The fourth-order valence-electron chi connectivity index (χ4n) is 3.30. The summed E-state index contributed by atoms with van der Waals surface area (Å²) in [5.74, 6) is 0.439. The van der Waals surface area contributed by atoms with E-state index in [9.17, 15) is 9.59 Å². The maximum Gasteiger partial charge on any atom is 0.265 e. The first-order chi connectivity index (χ1) is 13.5. The van der Waals surface area contributed by atoms with Crippen molar-refractivity contribution < 1.29 is 14.3 Å². The van der Waals surface area contributed by atoms with E-state index in [4.69, 9.17) is 16.3 Å². The third-order valence-corrected chi connectivity index (χ3v) is 5.12. The normalized spacial score (nSPS) is 15.5. The monoisotopic (exact) mass is 400 g/mol. The number of hydrogen-bond acceptors (Lipinski definition) is 3. The van der Waals surface area contributed by atoms with Gasteiger partial charge in [-0.05, 0) is 62.2 Å². The molecule has 1 atom stereocenters. The number of ether oxygens (including phenoxy) is 1. The topological polar surface area (TPSA) is 67.4 Å². The van der Waals surface area contributed by atoms with E-state index >= 15 is 0 Å². The lowest BCUT2D eigenvalue weighted by Crippen LogP contribution is -2.30. The molecule has 2 N–H and O–H groups in total. The first-order valence-corrected chi connectivity index (χ1v) is 10.0. The Morgan fingerprint density at radius 1 is 1.00 bits per heavy atom. The fourth-order valence-corrected chi connectivity index (χ4v) is 3.42. The van der Waals surface area contributed by atoms with Crippen LogP contribution >= 0.6 is 11.6 Å². The Balaban J connectivity index is 1.56. The molecule has 0 aromatic heterocycles. The minimum atomic E-state index is -0.679. The zero-order valence-corrected chi connectivity index (χ0v) is 16.7. The molecule has 0 heterocycles. The lowest BCUT2D eigenvalue weighted by molar-refractivity contribution is -0.122. The second kappa shape index (κ2) is 9.60. The molecule has 5 nitrogen and oxygen atoms in total. The van der Waals surface area contributed by atoms with Gasteiger partial charge < -0.3 is 15.4 Å². The van der Waals surface area contributed by atoms with Crippen molar-refractivity contribution in [3.8, 4) is 5.75 Å². The average molecular weight is 401 g/mol. The highest BCUT2D eigenvalue weighted by molar-refractivity contribution is 6.30. The Morgan fingerprint density at radius 3 is 2.32 bits per heavy atom. The fraction of sp³-hybridized carbons (Fsp3) is 0.364. The zero-order valence-electron chi connectivity index (χ0n) is 15.9. The summed E-state index contributed by atoms with van der Waals surface area (Å²) in [5.41, 5.74) is 1.29. The third-order valence-electron chi connectivity index (χ3n) is 4.87. The van der Waals surface area contributed by atoms with Gasteiger partial charge in [0.05, 0.1) is 0 Å². The smallest absolute Gasteiger partial charge is 0.265 e. The number of amides is 2. The van der Waals surface area contributed by atoms with Crippen LogP contribution in [0, 0.1) is 5.92 Å². The largest absolute Gasteiger partial charge is 0.481 e. The van der Waals surface area contributed by atoms with Crippen molar-refractivity contribution >= 4 is 34.8 Å². The van der Waals surface area contributed by atoms with Gasteiger partial charge in [0.1, 0.15) is 5.75 Å². The van der Waals surface area contributed by atoms with E-state index in [-0.39, 0.29) is 17.7 Å². The van der Waals surface area contributed by atoms with Crippen LogP contribution in [0.5, 0.6) is 5.75 Å². The lowest BCUT2D eigenvalue weighted by atomic mass is 9.88. The molecule has 1 aliphatic carbocycles. The van der Waals surface area contributed by atoms with Crippen LogP contribution in [0.2, 0.25) is 5.02 Å². The van der Waals surface area contributed by atoms with E-state index in [1.165, 1.54) is 6.42 Å². The van der Waals surface area contributed by atoms with Crippen molar-refractivity contribution in [2.24, 2.45) is 5.92 Å². The molecule has 2 amide bonds. The standard InChI is InChI=1S/C22H25ClN2O3/c1-15(28-20-12-10-17(23)11-13-20)21(26)24-18-8-5-9-19(14-18)25-22(27)16-6-3-2-4-7-16/h5,8-16H,2-4,6-7H2,1H3,(H,24,26)(H,25,27). The summed E-state index contributed by atoms with van der Waals surface area (Å²) in [6.45, 7) is 1.68. The Labute approximate surface area is 170 Å². The van der Waals surface area contributed by atoms with Gasteiger partial charge in [0.15, 0.2) is 6.10 Å². The molecule has 3 rings (SSSR count). The maximum atomic E-state index is 12.4. The number of benzene rings is 2. The van der Waals surface area contributed by atoms with Gasteiger partial charge in [-0.3, -0.25) is 9.59 Å². The molecule has 0 spiro atoms. The van der Waals surface area contributed by atoms with Crippen LogP contribution < -0.4 is 15.4 Å². The van der Waals surface area contributed by atoms with Crippen LogP contribution in [0.15, 0.2) is 48.5 Å². The quantitative estimate of drug-likeness (QED) is 0.694. The van der Waals surface area contributed by atoms with Crippen LogP contribution in [0.3, 0.4) is 0 Å². The van der Waals surface area contributed by atoms with Crippen LogP contribution in [0.1, 0.15) is 39.0 Å². The van der Waals surface area contributed by atoms with Crippen molar-refractivity contribution in [3.63, 3.8) is 0 Å². The molecule has 148 valence electrons. The molecule has 6 heteroatoms. The summed E-state index contributed by atoms with van der Waals surface area (Å²) in [4.78, 5) is 24.8. The summed E-state index contributed by atoms with van der Waals surface area (Å²) in [6, 6.07) is 14.0. The van der Waals surface area contributed by atoms with Gasteiger partial charge in [0.2, 0.25) is 5.91 Å². The summed E-state index contributed by atoms with van der Waals surface area (Å²) < 4.78 is 5.64. The highest BCUT2D eigenvalue weighted by atomic mass is 35.5. The van der Waals surface area contributed by atoms with Crippen LogP contribution in [0.4, 0.5) is 11.4 Å². The average Bonchev–Trinajstić information content (AvgIpc) is 2.70. The first-order valence-electron chi connectivity index (χ1n) is 9.65. The number of halogens is 1. The van der Waals surface area contributed by atoms with Crippen LogP contribution in [-0.4, -0.2) is 17.9 Å². The number of carbonyl (C=O) groups is 2. The van der Waals surface area contributed by atoms with Gasteiger partial charge in [-0.15, -0.1) is 0 Å². The van der Waals surface area contributed by atoms with Gasteiger partial charge in [0.25, 0.3) is 5.91 Å². The molecule has 1 aliphatic rings. The highest BCUT2D eigenvalue weighted by Gasteiger charge is 2.21. The Bertz CT molecular complexity index is 817. The molecule has 28 heavy (non-hydrogen) atoms. The summed E-state index contributed by atoms with van der Waals surface area (Å²) in [5, 5.41) is 6.40. The summed E-state index contributed by atoms with van der Waals surface area (Å²) in [6.07, 6.45) is 4.64. The van der Waals surface area contributed by atoms with Gasteiger partial charge in [-0.25, -0.2) is 0 Å². The number of carbonyl (C=O) groups excluding carboxylic acids is 2. The van der Waals surface area contributed by atoms with Gasteiger partial charge in [0, 0.05) is 22.3 Å². The molecule has 0 saturated heterocycles. The van der Waals surface area contributed by atoms with Gasteiger partial charge in [-0.2, -0.15) is 0 Å². The number of anilines is 2. The van der Waals surface area contributed by atoms with Crippen molar-refractivity contribution in [2.45, 2.75) is 45.1 Å². The van der Waals surface area contributed by atoms with Crippen molar-refractivity contribution in [1.29, 1.82) is 0 Å². The maximum absolute atomic E-state index is 12.4. The Hall–Kier alpha value is -2.53. The van der Waals surface area contributed by atoms with E-state index < -0.39 is 6.10 Å². The zero-order chi connectivity index (χ0) is 19.9. The van der Waals surface area contributed by atoms with Gasteiger partial charge in [-0.1, -0.05) is 36.9 Å². The molecule has 1 saturated carbocycles. The molecule has 1 unspecified atom stereocenters. The molecule has 2 aromatic rings. The van der Waals surface area contributed by atoms with E-state index in [1.807, 2.05) is 6.07 Å². The number of hydrogen-bond donors (Lipinski definition) is 2. The molecule has 0 radical (unpaired) electrons. The van der Waals surface area contributed by atoms with Crippen LogP contribution in [0.25, 0.3) is 0 Å². The Morgan fingerprint density at radius 2 is 1.64 bits per heavy atom. The Kier molecular flexibility index (Phi) is 6.93. The van der Waals surface area contributed by atoms with Crippen molar-refractivity contribution in [3.05, 3.63) is 53.6 Å². The van der Waals surface area contributed by atoms with Gasteiger partial charge >= 0.3 is 0 Å². The SMILES string of the molecule is CC(Oc1ccc(Cl)cc1)C(=O)Nc1cccc(NC(=O)C2CCCCC2)c1. The minimum Gasteiger partial charge on any atom is -0.481 e. The third kappa shape index (κ3) is 5.73. The second-order valence-electron chi connectivity index (χ2n) is 7.11. The molecule has 2 aromatic carbocycles. The summed E-state index contributed by atoms with van der Waals surface area (Å²) >= 11 is 5.85. The number of rotatable bonds is 6. The first kappa shape index (κ1) is 20.2. The van der Waals surface area contributed by atoms with E-state index in [0.29, 0.717) is 22.1 Å². The number of nitrogens with one attached hydrogen (secondary N) is 2. The van der Waals surface area contributed by atoms with Crippen molar-refractivity contribution in [2.75, 3.05) is 10.6 Å². The molecule has 0 bridgehead atoms. The van der Waals surface area contributed by atoms with E-state index in [1.54, 1.807) is 49.4 Å². The predicted octanol–water partition coefficient (Wildman–Crippen LogP) is 5.26. The molecular formula is C22H25ClN2O3. The summed E-state index contributed by atoms with van der Waals surface area (Å²) in [7, 11) is 0. The predicted molar refractivity (Wildman–Crippen MR) is 112 cm³/mol. The second-order valence-corrected chi connectivity index (χ2v) is 7.54. The van der Waals surface area contributed by atoms with E-state index in [2.05, 4.69) is 10.6 Å². The van der Waals surface area contributed by atoms with E-state index in [0.717, 1.165) is 25.7 Å². The molecule has 1 fully saturated rings. The lowest BCUT2D eigenvalue weighted by Gasteiger charge is -2.21. The molecular weight excluding hydrogens is 376 g/mol. The molecule has 0 aliphatic heterocycles. The van der Waals surface area contributed by atoms with Crippen molar-refractivity contribution in [1.82, 2.24) is 0 Å². The highest BCUT2D eigenvalue weighted by Crippen LogP contribution is 2.25.